The molecular formula is C17H24N4OS. The first-order valence-corrected chi connectivity index (χ1v) is 9.04. The first-order chi connectivity index (χ1) is 11.0. The Hall–Kier alpha value is -1.69. The van der Waals surface area contributed by atoms with Crippen LogP contribution in [-0.2, 0) is 18.3 Å². The number of hydrogen-bond acceptors (Lipinski definition) is 4. The molecule has 6 heteroatoms. The number of aromatic nitrogens is 3. The van der Waals surface area contributed by atoms with Gasteiger partial charge in [0.2, 0.25) is 5.91 Å². The molecule has 0 N–H and O–H groups in total. The summed E-state index contributed by atoms with van der Waals surface area (Å²) in [4.78, 5) is 20.5. The standard InChI is InChI=1S/C17H24N4OS/c1-12-13(2)23-17(19-12)15-5-4-8-21(11-15)16(22)7-6-14-9-18-20(3)10-14/h9-10,15H,4-8,11H2,1-3H3/t15-/m1/s1. The molecule has 0 radical (unpaired) electrons. The van der Waals surface area contributed by atoms with Crippen LogP contribution in [0.3, 0.4) is 0 Å². The SMILES string of the molecule is Cc1nc([C@@H]2CCCN(C(=O)CCc3cnn(C)c3)C2)sc1C. The maximum absolute atomic E-state index is 12.5. The van der Waals surface area contributed by atoms with Crippen LogP contribution in [-0.4, -0.2) is 38.7 Å². The summed E-state index contributed by atoms with van der Waals surface area (Å²) in [5.74, 6) is 0.659. The summed E-state index contributed by atoms with van der Waals surface area (Å²) in [5, 5.41) is 5.35. The van der Waals surface area contributed by atoms with Crippen molar-refractivity contribution in [3.8, 4) is 0 Å². The lowest BCUT2D eigenvalue weighted by Crippen LogP contribution is -2.39. The predicted octanol–water partition coefficient (Wildman–Crippen LogP) is 2.83. The average Bonchev–Trinajstić information content (AvgIpc) is 3.11. The number of hydrogen-bond donors (Lipinski definition) is 0. The summed E-state index contributed by atoms with van der Waals surface area (Å²) < 4.78 is 1.78. The van der Waals surface area contributed by atoms with E-state index in [0.717, 1.165) is 43.6 Å². The molecule has 124 valence electrons. The third kappa shape index (κ3) is 3.80. The van der Waals surface area contributed by atoms with Crippen LogP contribution >= 0.6 is 11.3 Å². The Morgan fingerprint density at radius 1 is 1.43 bits per heavy atom. The van der Waals surface area contributed by atoms with Crippen molar-refractivity contribution >= 4 is 17.2 Å². The Morgan fingerprint density at radius 3 is 2.91 bits per heavy atom. The maximum atomic E-state index is 12.5. The fourth-order valence-corrected chi connectivity index (χ4v) is 4.14. The van der Waals surface area contributed by atoms with Crippen molar-refractivity contribution in [3.63, 3.8) is 0 Å². The van der Waals surface area contributed by atoms with Crippen LogP contribution in [0.15, 0.2) is 12.4 Å². The quantitative estimate of drug-likeness (QED) is 0.865. The molecule has 2 aromatic rings. The van der Waals surface area contributed by atoms with Gasteiger partial charge in [0.1, 0.15) is 0 Å². The summed E-state index contributed by atoms with van der Waals surface area (Å²) in [7, 11) is 1.90. The van der Waals surface area contributed by atoms with E-state index in [1.807, 2.05) is 24.3 Å². The summed E-state index contributed by atoms with van der Waals surface area (Å²) in [6, 6.07) is 0. The van der Waals surface area contributed by atoms with Crippen LogP contribution in [0.2, 0.25) is 0 Å². The third-order valence-electron chi connectivity index (χ3n) is 4.55. The van der Waals surface area contributed by atoms with Crippen LogP contribution in [0, 0.1) is 13.8 Å². The molecule has 0 aliphatic carbocycles. The summed E-state index contributed by atoms with van der Waals surface area (Å²) >= 11 is 1.79. The topological polar surface area (TPSA) is 51.0 Å². The van der Waals surface area contributed by atoms with Gasteiger partial charge in [0.15, 0.2) is 0 Å². The van der Waals surface area contributed by atoms with Crippen LogP contribution in [0.25, 0.3) is 0 Å². The van der Waals surface area contributed by atoms with E-state index in [0.29, 0.717) is 12.3 Å². The summed E-state index contributed by atoms with van der Waals surface area (Å²) in [5.41, 5.74) is 2.26. The second-order valence-corrected chi connectivity index (χ2v) is 7.63. The van der Waals surface area contributed by atoms with Crippen molar-refractivity contribution in [2.45, 2.75) is 45.4 Å². The van der Waals surface area contributed by atoms with Crippen molar-refractivity contribution in [3.05, 3.63) is 33.5 Å². The van der Waals surface area contributed by atoms with E-state index >= 15 is 0 Å². The van der Waals surface area contributed by atoms with E-state index in [4.69, 9.17) is 4.98 Å². The van der Waals surface area contributed by atoms with Gasteiger partial charge < -0.3 is 4.90 Å². The van der Waals surface area contributed by atoms with Gasteiger partial charge in [0.05, 0.1) is 16.9 Å². The highest BCUT2D eigenvalue weighted by atomic mass is 32.1. The number of amides is 1. The molecule has 5 nitrogen and oxygen atoms in total. The van der Waals surface area contributed by atoms with E-state index in [1.165, 1.54) is 9.88 Å². The van der Waals surface area contributed by atoms with Crippen molar-refractivity contribution in [1.29, 1.82) is 0 Å². The highest BCUT2D eigenvalue weighted by Gasteiger charge is 2.26. The third-order valence-corrected chi connectivity index (χ3v) is 5.79. The molecule has 1 aliphatic heterocycles. The number of aryl methyl sites for hydroxylation is 4. The minimum Gasteiger partial charge on any atom is -0.342 e. The molecule has 3 rings (SSSR count). The Kier molecular flexibility index (Phi) is 4.80. The van der Waals surface area contributed by atoms with Gasteiger partial charge in [-0.1, -0.05) is 0 Å². The largest absolute Gasteiger partial charge is 0.342 e. The van der Waals surface area contributed by atoms with Crippen molar-refractivity contribution in [2.75, 3.05) is 13.1 Å². The Bertz CT molecular complexity index is 671. The first-order valence-electron chi connectivity index (χ1n) is 8.22. The van der Waals surface area contributed by atoms with Gasteiger partial charge in [0, 0.05) is 43.5 Å². The molecule has 1 amide bonds. The molecule has 1 fully saturated rings. The van der Waals surface area contributed by atoms with Crippen molar-refractivity contribution in [1.82, 2.24) is 19.7 Å². The van der Waals surface area contributed by atoms with Crippen LogP contribution in [0.4, 0.5) is 0 Å². The summed E-state index contributed by atoms with van der Waals surface area (Å²) in [6.07, 6.45) is 7.36. The highest BCUT2D eigenvalue weighted by molar-refractivity contribution is 7.11. The highest BCUT2D eigenvalue weighted by Crippen LogP contribution is 2.31. The van der Waals surface area contributed by atoms with E-state index in [1.54, 1.807) is 16.0 Å². The molecule has 0 bridgehead atoms. The normalized spacial score (nSPS) is 18.4. The maximum Gasteiger partial charge on any atom is 0.222 e. The number of piperidine rings is 1. The molecule has 0 spiro atoms. The average molecular weight is 332 g/mol. The lowest BCUT2D eigenvalue weighted by molar-refractivity contribution is -0.132. The van der Waals surface area contributed by atoms with Gasteiger partial charge in [-0.05, 0) is 38.7 Å². The molecule has 1 atom stereocenters. The minimum atomic E-state index is 0.253. The molecule has 1 aliphatic rings. The van der Waals surface area contributed by atoms with Crippen LogP contribution in [0.1, 0.15) is 46.3 Å². The molecule has 0 saturated carbocycles. The molecule has 23 heavy (non-hydrogen) atoms. The zero-order valence-electron chi connectivity index (χ0n) is 14.1. The zero-order valence-corrected chi connectivity index (χ0v) is 14.9. The molecule has 2 aromatic heterocycles. The zero-order chi connectivity index (χ0) is 16.4. The van der Waals surface area contributed by atoms with Gasteiger partial charge in [-0.15, -0.1) is 11.3 Å². The van der Waals surface area contributed by atoms with Gasteiger partial charge in [-0.3, -0.25) is 9.48 Å². The second kappa shape index (κ2) is 6.83. The predicted molar refractivity (Wildman–Crippen MR) is 91.7 cm³/mol. The number of thiazole rings is 1. The van der Waals surface area contributed by atoms with Crippen molar-refractivity contribution < 1.29 is 4.79 Å². The first kappa shape index (κ1) is 16.2. The molecular weight excluding hydrogens is 308 g/mol. The van der Waals surface area contributed by atoms with Crippen LogP contribution in [0.5, 0.6) is 0 Å². The number of carbonyl (C=O) groups is 1. The number of carbonyl (C=O) groups excluding carboxylic acids is 1. The van der Waals surface area contributed by atoms with Gasteiger partial charge >= 0.3 is 0 Å². The van der Waals surface area contributed by atoms with E-state index in [2.05, 4.69) is 18.9 Å². The van der Waals surface area contributed by atoms with E-state index < -0.39 is 0 Å². The molecule has 3 heterocycles. The smallest absolute Gasteiger partial charge is 0.222 e. The Balaban J connectivity index is 1.58. The van der Waals surface area contributed by atoms with Crippen LogP contribution < -0.4 is 0 Å². The molecule has 0 unspecified atom stereocenters. The number of rotatable bonds is 4. The lowest BCUT2D eigenvalue weighted by Gasteiger charge is -2.32. The molecule has 1 saturated heterocycles. The number of likely N-dealkylation sites (tertiary alicyclic amines) is 1. The van der Waals surface area contributed by atoms with E-state index in [-0.39, 0.29) is 5.91 Å². The Labute approximate surface area is 141 Å². The molecule has 0 aromatic carbocycles. The fourth-order valence-electron chi connectivity index (χ4n) is 3.09. The monoisotopic (exact) mass is 332 g/mol. The summed E-state index contributed by atoms with van der Waals surface area (Å²) in [6.45, 7) is 5.88. The minimum absolute atomic E-state index is 0.253. The number of nitrogens with zero attached hydrogens (tertiary/aromatic N) is 4. The van der Waals surface area contributed by atoms with Gasteiger partial charge in [-0.25, -0.2) is 4.98 Å². The van der Waals surface area contributed by atoms with Gasteiger partial charge in [0.25, 0.3) is 0 Å². The van der Waals surface area contributed by atoms with Gasteiger partial charge in [-0.2, -0.15) is 5.10 Å². The lowest BCUT2D eigenvalue weighted by atomic mass is 9.98. The second-order valence-electron chi connectivity index (χ2n) is 6.39. The fraction of sp³-hybridized carbons (Fsp3) is 0.588. The van der Waals surface area contributed by atoms with Crippen molar-refractivity contribution in [2.24, 2.45) is 7.05 Å². The van der Waals surface area contributed by atoms with E-state index in [9.17, 15) is 4.79 Å². The Morgan fingerprint density at radius 2 is 2.26 bits per heavy atom.